The van der Waals surface area contributed by atoms with E-state index in [1.165, 1.54) is 44.2 Å². The molecule has 1 aliphatic carbocycles. The predicted octanol–water partition coefficient (Wildman–Crippen LogP) is 3.45. The summed E-state index contributed by atoms with van der Waals surface area (Å²) in [6.45, 7) is 3.36. The summed E-state index contributed by atoms with van der Waals surface area (Å²) in [6.07, 6.45) is 6.76. The Morgan fingerprint density at radius 3 is 2.79 bits per heavy atom. The van der Waals surface area contributed by atoms with Gasteiger partial charge in [0.05, 0.1) is 0 Å². The van der Waals surface area contributed by atoms with Crippen LogP contribution in [-0.2, 0) is 6.54 Å². The fourth-order valence-corrected chi connectivity index (χ4v) is 3.13. The van der Waals surface area contributed by atoms with Gasteiger partial charge in [0.2, 0.25) is 0 Å². The molecular formula is C16H23ClN2. The lowest BCUT2D eigenvalue weighted by molar-refractivity contribution is 0.137. The van der Waals surface area contributed by atoms with Crippen molar-refractivity contribution in [3.05, 3.63) is 34.9 Å². The molecular weight excluding hydrogens is 256 g/mol. The molecule has 0 bridgehead atoms. The highest BCUT2D eigenvalue weighted by molar-refractivity contribution is 6.31. The van der Waals surface area contributed by atoms with E-state index in [4.69, 9.17) is 11.6 Å². The molecule has 0 spiro atoms. The molecule has 1 atom stereocenters. The zero-order chi connectivity index (χ0) is 13.1. The number of likely N-dealkylation sites (tertiary alicyclic amines) is 1. The van der Waals surface area contributed by atoms with Crippen molar-refractivity contribution in [1.82, 2.24) is 10.2 Å². The second kappa shape index (κ2) is 6.25. The molecule has 19 heavy (non-hydrogen) atoms. The zero-order valence-electron chi connectivity index (χ0n) is 11.4. The van der Waals surface area contributed by atoms with Crippen LogP contribution in [0.25, 0.3) is 0 Å². The molecule has 1 aromatic carbocycles. The highest BCUT2D eigenvalue weighted by Crippen LogP contribution is 2.24. The van der Waals surface area contributed by atoms with Gasteiger partial charge in [0.25, 0.3) is 0 Å². The standard InChI is InChI=1S/C16H23ClN2/c17-16-7-2-1-5-13(16)12-19-10-4-3-6-15(19)11-18-14-8-9-14/h1-2,5,7,14-15,18H,3-4,6,8-12H2. The molecule has 1 unspecified atom stereocenters. The highest BCUT2D eigenvalue weighted by Gasteiger charge is 2.26. The third-order valence-electron chi connectivity index (χ3n) is 4.30. The van der Waals surface area contributed by atoms with Crippen molar-refractivity contribution in [2.45, 2.75) is 50.7 Å². The van der Waals surface area contributed by atoms with Gasteiger partial charge in [0.1, 0.15) is 0 Å². The third kappa shape index (κ3) is 3.71. The smallest absolute Gasteiger partial charge is 0.0451 e. The van der Waals surface area contributed by atoms with Crippen LogP contribution in [0.5, 0.6) is 0 Å². The lowest BCUT2D eigenvalue weighted by Gasteiger charge is -2.36. The Balaban J connectivity index is 1.60. The Hall–Kier alpha value is -0.570. The van der Waals surface area contributed by atoms with Crippen molar-refractivity contribution >= 4 is 11.6 Å². The molecule has 2 nitrogen and oxygen atoms in total. The molecule has 1 heterocycles. The van der Waals surface area contributed by atoms with Crippen molar-refractivity contribution < 1.29 is 0 Å². The highest BCUT2D eigenvalue weighted by atomic mass is 35.5. The molecule has 3 rings (SSSR count). The van der Waals surface area contributed by atoms with Crippen LogP contribution in [0.2, 0.25) is 5.02 Å². The number of hydrogen-bond acceptors (Lipinski definition) is 2. The number of hydrogen-bond donors (Lipinski definition) is 1. The zero-order valence-corrected chi connectivity index (χ0v) is 12.2. The van der Waals surface area contributed by atoms with Crippen LogP contribution in [0.3, 0.4) is 0 Å². The van der Waals surface area contributed by atoms with Gasteiger partial charge >= 0.3 is 0 Å². The summed E-state index contributed by atoms with van der Waals surface area (Å²) in [5.74, 6) is 0. The fraction of sp³-hybridized carbons (Fsp3) is 0.625. The van der Waals surface area contributed by atoms with Gasteiger partial charge in [-0.2, -0.15) is 0 Å². The van der Waals surface area contributed by atoms with Gasteiger partial charge in [-0.3, -0.25) is 4.90 Å². The van der Waals surface area contributed by atoms with Crippen LogP contribution in [-0.4, -0.2) is 30.1 Å². The first-order chi connectivity index (χ1) is 9.33. The molecule has 1 saturated heterocycles. The minimum Gasteiger partial charge on any atom is -0.312 e. The number of nitrogens with zero attached hydrogens (tertiary/aromatic N) is 1. The van der Waals surface area contributed by atoms with E-state index in [2.05, 4.69) is 22.3 Å². The van der Waals surface area contributed by atoms with Crippen LogP contribution < -0.4 is 5.32 Å². The number of rotatable bonds is 5. The lowest BCUT2D eigenvalue weighted by atomic mass is 10.0. The number of nitrogens with one attached hydrogen (secondary N) is 1. The van der Waals surface area contributed by atoms with E-state index in [9.17, 15) is 0 Å². The average molecular weight is 279 g/mol. The van der Waals surface area contributed by atoms with Crippen molar-refractivity contribution in [3.63, 3.8) is 0 Å². The van der Waals surface area contributed by atoms with Crippen molar-refractivity contribution in [1.29, 1.82) is 0 Å². The molecule has 1 N–H and O–H groups in total. The van der Waals surface area contributed by atoms with Gasteiger partial charge in [-0.05, 0) is 43.9 Å². The Bertz CT molecular complexity index is 417. The van der Waals surface area contributed by atoms with Gasteiger partial charge in [-0.1, -0.05) is 36.2 Å². The van der Waals surface area contributed by atoms with Gasteiger partial charge < -0.3 is 5.32 Å². The minimum atomic E-state index is 0.686. The third-order valence-corrected chi connectivity index (χ3v) is 4.67. The summed E-state index contributed by atoms with van der Waals surface area (Å²) in [4.78, 5) is 2.61. The van der Waals surface area contributed by atoms with Crippen LogP contribution in [0.15, 0.2) is 24.3 Å². The van der Waals surface area contributed by atoms with Crippen LogP contribution in [0.4, 0.5) is 0 Å². The van der Waals surface area contributed by atoms with Crippen molar-refractivity contribution in [2.24, 2.45) is 0 Å². The first-order valence-electron chi connectivity index (χ1n) is 7.54. The molecule has 1 aromatic rings. The van der Waals surface area contributed by atoms with E-state index in [0.717, 1.165) is 24.2 Å². The molecule has 1 saturated carbocycles. The summed E-state index contributed by atoms with van der Waals surface area (Å²) in [5.41, 5.74) is 1.27. The first kappa shape index (κ1) is 13.4. The Kier molecular flexibility index (Phi) is 4.42. The molecule has 0 radical (unpaired) electrons. The maximum atomic E-state index is 6.29. The summed E-state index contributed by atoms with van der Waals surface area (Å²) in [5, 5.41) is 4.59. The Morgan fingerprint density at radius 1 is 1.16 bits per heavy atom. The van der Waals surface area contributed by atoms with Crippen molar-refractivity contribution in [2.75, 3.05) is 13.1 Å². The van der Waals surface area contributed by atoms with E-state index in [1.807, 2.05) is 12.1 Å². The monoisotopic (exact) mass is 278 g/mol. The van der Waals surface area contributed by atoms with Crippen LogP contribution >= 0.6 is 11.6 Å². The van der Waals surface area contributed by atoms with E-state index in [-0.39, 0.29) is 0 Å². The molecule has 0 amide bonds. The second-order valence-corrected chi connectivity index (χ2v) is 6.30. The number of halogens is 1. The summed E-state index contributed by atoms with van der Waals surface area (Å²) < 4.78 is 0. The van der Waals surface area contributed by atoms with Gasteiger partial charge in [-0.15, -0.1) is 0 Å². The Labute approximate surface area is 121 Å². The molecule has 0 aromatic heterocycles. The van der Waals surface area contributed by atoms with E-state index >= 15 is 0 Å². The molecule has 2 aliphatic rings. The SMILES string of the molecule is Clc1ccccc1CN1CCCCC1CNC1CC1. The van der Waals surface area contributed by atoms with E-state index < -0.39 is 0 Å². The average Bonchev–Trinajstić information content (AvgIpc) is 3.24. The first-order valence-corrected chi connectivity index (χ1v) is 7.91. The predicted molar refractivity (Wildman–Crippen MR) is 80.5 cm³/mol. The summed E-state index contributed by atoms with van der Waals surface area (Å²) in [6, 6.07) is 9.74. The van der Waals surface area contributed by atoms with Crippen LogP contribution in [0.1, 0.15) is 37.7 Å². The lowest BCUT2D eigenvalue weighted by Crippen LogP contribution is -2.45. The molecule has 104 valence electrons. The topological polar surface area (TPSA) is 15.3 Å². The largest absolute Gasteiger partial charge is 0.312 e. The quantitative estimate of drug-likeness (QED) is 0.888. The summed E-state index contributed by atoms with van der Waals surface area (Å²) >= 11 is 6.29. The van der Waals surface area contributed by atoms with E-state index in [1.54, 1.807) is 0 Å². The number of piperidine rings is 1. The Morgan fingerprint density at radius 2 is 2.00 bits per heavy atom. The number of benzene rings is 1. The molecule has 1 aliphatic heterocycles. The van der Waals surface area contributed by atoms with Gasteiger partial charge in [0, 0.05) is 30.2 Å². The van der Waals surface area contributed by atoms with Gasteiger partial charge in [-0.25, -0.2) is 0 Å². The maximum Gasteiger partial charge on any atom is 0.0451 e. The molecule has 2 fully saturated rings. The second-order valence-electron chi connectivity index (χ2n) is 5.89. The maximum absolute atomic E-state index is 6.29. The fourth-order valence-electron chi connectivity index (χ4n) is 2.93. The van der Waals surface area contributed by atoms with Crippen LogP contribution in [0, 0.1) is 0 Å². The summed E-state index contributed by atoms with van der Waals surface area (Å²) in [7, 11) is 0. The van der Waals surface area contributed by atoms with Gasteiger partial charge in [0.15, 0.2) is 0 Å². The normalized spacial score (nSPS) is 24.6. The molecule has 3 heteroatoms. The minimum absolute atomic E-state index is 0.686. The van der Waals surface area contributed by atoms with Crippen molar-refractivity contribution in [3.8, 4) is 0 Å². The van der Waals surface area contributed by atoms with E-state index in [0.29, 0.717) is 6.04 Å².